The van der Waals surface area contributed by atoms with E-state index in [1.807, 2.05) is 11.5 Å². The molecule has 1 heterocycles. The second-order valence-electron chi connectivity index (χ2n) is 2.28. The third-order valence-electron chi connectivity index (χ3n) is 1.45. The maximum atomic E-state index is 10.2. The molecule has 1 aromatic rings. The van der Waals surface area contributed by atoms with Gasteiger partial charge >= 0.3 is 5.97 Å². The molecule has 0 bridgehead atoms. The van der Waals surface area contributed by atoms with Crippen LogP contribution >= 0.6 is 0 Å². The molecule has 0 amide bonds. The van der Waals surface area contributed by atoms with Crippen LogP contribution in [0.25, 0.3) is 0 Å². The molecule has 0 aliphatic carbocycles. The van der Waals surface area contributed by atoms with Gasteiger partial charge in [0.05, 0.1) is 0 Å². The fourth-order valence-corrected chi connectivity index (χ4v) is 0.886. The second kappa shape index (κ2) is 3.75. The predicted octanol–water partition coefficient (Wildman–Crippen LogP) is 0.399. The van der Waals surface area contributed by atoms with E-state index in [1.54, 1.807) is 12.4 Å². The van der Waals surface area contributed by atoms with Gasteiger partial charge in [0.25, 0.3) is 0 Å². The molecule has 2 N–H and O–H groups in total. The van der Waals surface area contributed by atoms with Crippen molar-refractivity contribution in [1.82, 2.24) is 9.55 Å². The van der Waals surface area contributed by atoms with E-state index in [0.717, 1.165) is 6.54 Å². The molecule has 0 unspecified atom stereocenters. The van der Waals surface area contributed by atoms with Gasteiger partial charge in [0.1, 0.15) is 6.54 Å². The summed E-state index contributed by atoms with van der Waals surface area (Å²) in [6.45, 7) is 2.65. The minimum atomic E-state index is -0.888. The van der Waals surface area contributed by atoms with Crippen LogP contribution in [-0.4, -0.2) is 27.2 Å². The zero-order chi connectivity index (χ0) is 8.97. The van der Waals surface area contributed by atoms with Gasteiger partial charge < -0.3 is 15.0 Å². The number of nitrogens with one attached hydrogen (secondary N) is 1. The first-order valence-electron chi connectivity index (χ1n) is 3.71. The second-order valence-corrected chi connectivity index (χ2v) is 2.28. The molecule has 0 aromatic carbocycles. The van der Waals surface area contributed by atoms with Crippen LogP contribution in [0.4, 0.5) is 5.95 Å². The summed E-state index contributed by atoms with van der Waals surface area (Å²) in [7, 11) is 0. The maximum absolute atomic E-state index is 10.2. The third kappa shape index (κ3) is 1.98. The van der Waals surface area contributed by atoms with Crippen molar-refractivity contribution in [3.8, 4) is 0 Å². The molecule has 5 nitrogen and oxygen atoms in total. The Kier molecular flexibility index (Phi) is 2.68. The van der Waals surface area contributed by atoms with Crippen molar-refractivity contribution in [3.05, 3.63) is 12.4 Å². The number of carbonyl (C=O) groups is 1. The molecule has 0 fully saturated rings. The fourth-order valence-electron chi connectivity index (χ4n) is 0.886. The number of hydrogen-bond donors (Lipinski definition) is 2. The summed E-state index contributed by atoms with van der Waals surface area (Å²) in [5.74, 6) is -0.291. The van der Waals surface area contributed by atoms with E-state index < -0.39 is 5.97 Å². The van der Waals surface area contributed by atoms with E-state index >= 15 is 0 Å². The summed E-state index contributed by atoms with van der Waals surface area (Å²) < 4.78 is 1.84. The highest BCUT2D eigenvalue weighted by Gasteiger charge is 2.01. The van der Waals surface area contributed by atoms with E-state index in [9.17, 15) is 4.79 Å². The number of imidazole rings is 1. The van der Waals surface area contributed by atoms with Gasteiger partial charge in [-0.1, -0.05) is 0 Å². The number of hydrogen-bond acceptors (Lipinski definition) is 3. The van der Waals surface area contributed by atoms with Crippen molar-refractivity contribution in [2.75, 3.05) is 11.9 Å². The minimum absolute atomic E-state index is 0.100. The maximum Gasteiger partial charge on any atom is 0.322 e. The summed E-state index contributed by atoms with van der Waals surface area (Å²) in [4.78, 5) is 14.1. The molecule has 0 atom stereocenters. The van der Waals surface area contributed by atoms with Crippen LogP contribution in [0.5, 0.6) is 0 Å². The SMILES string of the molecule is CCn1ccnc1NCC(=O)O. The highest BCUT2D eigenvalue weighted by Crippen LogP contribution is 2.02. The van der Waals surface area contributed by atoms with Crippen molar-refractivity contribution in [3.63, 3.8) is 0 Å². The summed E-state index contributed by atoms with van der Waals surface area (Å²) in [5, 5.41) is 11.1. The number of carboxylic acid groups (broad SMARTS) is 1. The van der Waals surface area contributed by atoms with Crippen LogP contribution in [-0.2, 0) is 11.3 Å². The molecule has 0 spiro atoms. The molecule has 5 heteroatoms. The van der Waals surface area contributed by atoms with Gasteiger partial charge in [-0.15, -0.1) is 0 Å². The van der Waals surface area contributed by atoms with Gasteiger partial charge in [0.2, 0.25) is 5.95 Å². The highest BCUT2D eigenvalue weighted by atomic mass is 16.4. The molecular formula is C7H11N3O2. The summed E-state index contributed by atoms with van der Waals surface area (Å²) >= 11 is 0. The Morgan fingerprint density at radius 1 is 1.83 bits per heavy atom. The largest absolute Gasteiger partial charge is 0.480 e. The van der Waals surface area contributed by atoms with E-state index in [0.29, 0.717) is 5.95 Å². The monoisotopic (exact) mass is 169 g/mol. The minimum Gasteiger partial charge on any atom is -0.480 e. The number of aryl methyl sites for hydroxylation is 1. The molecule has 0 saturated carbocycles. The van der Waals surface area contributed by atoms with E-state index in [4.69, 9.17) is 5.11 Å². The van der Waals surface area contributed by atoms with Crippen molar-refractivity contribution < 1.29 is 9.90 Å². The van der Waals surface area contributed by atoms with Gasteiger partial charge in [-0.05, 0) is 6.92 Å². The van der Waals surface area contributed by atoms with Crippen LogP contribution in [0, 0.1) is 0 Å². The van der Waals surface area contributed by atoms with Gasteiger partial charge in [0, 0.05) is 18.9 Å². The number of aromatic nitrogens is 2. The van der Waals surface area contributed by atoms with Crippen molar-refractivity contribution in [2.24, 2.45) is 0 Å². The van der Waals surface area contributed by atoms with Crippen molar-refractivity contribution in [2.45, 2.75) is 13.5 Å². The van der Waals surface area contributed by atoms with Crippen LogP contribution in [0.2, 0.25) is 0 Å². The summed E-state index contributed by atoms with van der Waals surface area (Å²) in [6.07, 6.45) is 3.43. The Hall–Kier alpha value is -1.52. The fraction of sp³-hybridized carbons (Fsp3) is 0.429. The standard InChI is InChI=1S/C7H11N3O2/c1-2-10-4-3-8-7(10)9-5-6(11)12/h3-4H,2,5H2,1H3,(H,8,9)(H,11,12). The molecule has 1 aromatic heterocycles. The normalized spacial score (nSPS) is 9.75. The Bertz CT molecular complexity index is 269. The van der Waals surface area contributed by atoms with E-state index in [-0.39, 0.29) is 6.54 Å². The predicted molar refractivity (Wildman–Crippen MR) is 44.0 cm³/mol. The van der Waals surface area contributed by atoms with Crippen LogP contribution < -0.4 is 5.32 Å². The number of carboxylic acids is 1. The summed E-state index contributed by atoms with van der Waals surface area (Å²) in [5.41, 5.74) is 0. The lowest BCUT2D eigenvalue weighted by atomic mass is 10.6. The Labute approximate surface area is 70.0 Å². The molecule has 66 valence electrons. The number of anilines is 1. The van der Waals surface area contributed by atoms with E-state index in [2.05, 4.69) is 10.3 Å². The summed E-state index contributed by atoms with van der Waals surface area (Å²) in [6, 6.07) is 0. The first-order valence-corrected chi connectivity index (χ1v) is 3.71. The van der Waals surface area contributed by atoms with Crippen molar-refractivity contribution in [1.29, 1.82) is 0 Å². The molecule has 0 aliphatic heterocycles. The number of nitrogens with zero attached hydrogens (tertiary/aromatic N) is 2. The zero-order valence-corrected chi connectivity index (χ0v) is 6.82. The van der Waals surface area contributed by atoms with Gasteiger partial charge in [-0.25, -0.2) is 4.98 Å². The van der Waals surface area contributed by atoms with Gasteiger partial charge in [-0.2, -0.15) is 0 Å². The average Bonchev–Trinajstić information content (AvgIpc) is 2.47. The average molecular weight is 169 g/mol. The van der Waals surface area contributed by atoms with Crippen LogP contribution in [0.3, 0.4) is 0 Å². The topological polar surface area (TPSA) is 67.2 Å². The lowest BCUT2D eigenvalue weighted by molar-refractivity contribution is -0.134. The lowest BCUT2D eigenvalue weighted by Gasteiger charge is -2.04. The third-order valence-corrected chi connectivity index (χ3v) is 1.45. The molecule has 0 aliphatic rings. The zero-order valence-electron chi connectivity index (χ0n) is 6.82. The van der Waals surface area contributed by atoms with Crippen molar-refractivity contribution >= 4 is 11.9 Å². The lowest BCUT2D eigenvalue weighted by Crippen LogP contribution is -2.15. The first-order chi connectivity index (χ1) is 5.74. The number of rotatable bonds is 4. The highest BCUT2D eigenvalue weighted by molar-refractivity contribution is 5.71. The van der Waals surface area contributed by atoms with Crippen LogP contribution in [0.15, 0.2) is 12.4 Å². The smallest absolute Gasteiger partial charge is 0.322 e. The van der Waals surface area contributed by atoms with Gasteiger partial charge in [-0.3, -0.25) is 4.79 Å². The first kappa shape index (κ1) is 8.58. The molecule has 12 heavy (non-hydrogen) atoms. The van der Waals surface area contributed by atoms with E-state index in [1.165, 1.54) is 0 Å². The molecular weight excluding hydrogens is 158 g/mol. The van der Waals surface area contributed by atoms with Crippen LogP contribution in [0.1, 0.15) is 6.92 Å². The molecule has 1 rings (SSSR count). The quantitative estimate of drug-likeness (QED) is 0.684. The number of aliphatic carboxylic acids is 1. The van der Waals surface area contributed by atoms with Gasteiger partial charge in [0.15, 0.2) is 0 Å². The Balaban J connectivity index is 2.56. The molecule has 0 radical (unpaired) electrons. The Morgan fingerprint density at radius 2 is 2.58 bits per heavy atom. The Morgan fingerprint density at radius 3 is 3.17 bits per heavy atom. The molecule has 0 saturated heterocycles.